The van der Waals surface area contributed by atoms with Gasteiger partial charge in [-0.15, -0.1) is 0 Å². The lowest BCUT2D eigenvalue weighted by atomic mass is 10.1. The van der Waals surface area contributed by atoms with Gasteiger partial charge in [0.05, 0.1) is 31.9 Å². The summed E-state index contributed by atoms with van der Waals surface area (Å²) in [6, 6.07) is 15.6. The summed E-state index contributed by atoms with van der Waals surface area (Å²) in [5.41, 5.74) is 3.19. The second kappa shape index (κ2) is 10.1. The minimum absolute atomic E-state index is 0.0186. The van der Waals surface area contributed by atoms with Crippen molar-refractivity contribution in [2.75, 3.05) is 10.6 Å². The van der Waals surface area contributed by atoms with Gasteiger partial charge in [0, 0.05) is 17.7 Å². The number of thiazole rings is 1. The van der Waals surface area contributed by atoms with E-state index in [1.165, 1.54) is 23.5 Å². The number of nitrogens with zero attached hydrogens (tertiary/aromatic N) is 2. The number of aryl methyl sites for hydroxylation is 1. The molecule has 11 heteroatoms. The molecule has 35 heavy (non-hydrogen) atoms. The van der Waals surface area contributed by atoms with Gasteiger partial charge >= 0.3 is 6.03 Å². The number of para-hydroxylation sites is 1. The molecule has 0 aliphatic rings. The van der Waals surface area contributed by atoms with Gasteiger partial charge in [-0.25, -0.2) is 9.78 Å². The molecule has 0 aliphatic heterocycles. The first-order chi connectivity index (χ1) is 16.7. The van der Waals surface area contributed by atoms with Crippen LogP contribution in [0, 0.1) is 17.0 Å². The summed E-state index contributed by atoms with van der Waals surface area (Å²) in [4.78, 5) is 39.9. The number of nitro benzene ring substituents is 1. The molecule has 3 N–H and O–H groups in total. The average Bonchev–Trinajstić information content (AvgIpc) is 3.22. The Hall–Kier alpha value is -4.02. The fourth-order valence-corrected chi connectivity index (χ4v) is 4.56. The number of anilines is 2. The van der Waals surface area contributed by atoms with E-state index in [-0.39, 0.29) is 17.6 Å². The van der Waals surface area contributed by atoms with Crippen LogP contribution in [0.4, 0.5) is 21.3 Å². The molecular formula is C24H20ClN5O4S. The van der Waals surface area contributed by atoms with E-state index in [4.69, 9.17) is 11.6 Å². The number of aromatic nitrogens is 1. The average molecular weight is 510 g/mol. The fraction of sp³-hybridized carbons (Fsp3) is 0.125. The van der Waals surface area contributed by atoms with Gasteiger partial charge < -0.3 is 10.6 Å². The minimum atomic E-state index is -0.478. The van der Waals surface area contributed by atoms with Crippen LogP contribution < -0.4 is 16.0 Å². The van der Waals surface area contributed by atoms with Crippen LogP contribution in [0.15, 0.2) is 60.7 Å². The summed E-state index contributed by atoms with van der Waals surface area (Å²) >= 11 is 7.44. The maximum Gasteiger partial charge on any atom is 0.321 e. The Bertz CT molecular complexity index is 1420. The van der Waals surface area contributed by atoms with E-state index in [1.54, 1.807) is 43.3 Å². The normalized spacial score (nSPS) is 11.6. The van der Waals surface area contributed by atoms with Gasteiger partial charge in [-0.2, -0.15) is 0 Å². The second-order valence-electron chi connectivity index (χ2n) is 7.76. The lowest BCUT2D eigenvalue weighted by molar-refractivity contribution is -0.384. The van der Waals surface area contributed by atoms with E-state index in [0.717, 1.165) is 15.8 Å². The number of non-ortho nitro benzene ring substituents is 1. The van der Waals surface area contributed by atoms with Crippen molar-refractivity contribution in [2.45, 2.75) is 19.9 Å². The molecule has 0 saturated carbocycles. The zero-order chi connectivity index (χ0) is 25.1. The van der Waals surface area contributed by atoms with Crippen LogP contribution in [0.1, 0.15) is 34.5 Å². The highest BCUT2D eigenvalue weighted by atomic mass is 35.5. The zero-order valence-corrected chi connectivity index (χ0v) is 20.2. The second-order valence-corrected chi connectivity index (χ2v) is 9.19. The number of fused-ring (bicyclic) bond motifs is 1. The number of nitrogens with one attached hydrogen (secondary N) is 3. The molecule has 0 radical (unpaired) electrons. The van der Waals surface area contributed by atoms with Gasteiger partial charge in [0.1, 0.15) is 0 Å². The summed E-state index contributed by atoms with van der Waals surface area (Å²) in [5, 5.41) is 19.9. The molecular weight excluding hydrogens is 490 g/mol. The quantitative estimate of drug-likeness (QED) is 0.207. The Balaban J connectivity index is 1.42. The number of urea groups is 1. The topological polar surface area (TPSA) is 126 Å². The lowest BCUT2D eigenvalue weighted by Crippen LogP contribution is -2.31. The molecule has 1 heterocycles. The van der Waals surface area contributed by atoms with Gasteiger partial charge in [-0.3, -0.25) is 20.2 Å². The Labute approximate surface area is 209 Å². The number of hydrogen-bond acceptors (Lipinski definition) is 6. The number of nitro groups is 1. The van der Waals surface area contributed by atoms with Crippen molar-refractivity contribution in [1.82, 2.24) is 10.3 Å². The SMILES string of the molecule is Cc1cccc(Cl)c1NC(=O)c1ccc2nc(NC(=O)NC(C)c3ccc([N+](=O)[O-])cc3)sc2c1. The van der Waals surface area contributed by atoms with Crippen molar-refractivity contribution in [2.24, 2.45) is 0 Å². The van der Waals surface area contributed by atoms with E-state index < -0.39 is 11.0 Å². The molecule has 3 amide bonds. The molecule has 178 valence electrons. The number of halogens is 1. The van der Waals surface area contributed by atoms with E-state index >= 15 is 0 Å². The molecule has 1 unspecified atom stereocenters. The monoisotopic (exact) mass is 509 g/mol. The van der Waals surface area contributed by atoms with Gasteiger partial charge in [0.15, 0.2) is 5.13 Å². The molecule has 4 aromatic rings. The molecule has 1 atom stereocenters. The smallest absolute Gasteiger partial charge is 0.321 e. The van der Waals surface area contributed by atoms with Gasteiger partial charge in [-0.1, -0.05) is 47.2 Å². The van der Waals surface area contributed by atoms with Gasteiger partial charge in [-0.05, 0) is 49.2 Å². The molecule has 1 aromatic heterocycles. The Morgan fingerprint density at radius 2 is 1.83 bits per heavy atom. The maximum absolute atomic E-state index is 12.8. The van der Waals surface area contributed by atoms with Crippen LogP contribution in [0.2, 0.25) is 5.02 Å². The highest BCUT2D eigenvalue weighted by Crippen LogP contribution is 2.29. The number of carbonyl (C=O) groups excluding carboxylic acids is 2. The predicted molar refractivity (Wildman–Crippen MR) is 137 cm³/mol. The van der Waals surface area contributed by atoms with Crippen molar-refractivity contribution in [1.29, 1.82) is 0 Å². The van der Waals surface area contributed by atoms with Crippen molar-refractivity contribution in [3.8, 4) is 0 Å². The molecule has 0 spiro atoms. The van der Waals surface area contributed by atoms with Crippen LogP contribution >= 0.6 is 22.9 Å². The Morgan fingerprint density at radius 3 is 2.51 bits per heavy atom. The standard InChI is InChI=1S/C24H20ClN5O4S/c1-13-4-3-5-18(25)21(13)28-22(31)16-8-11-19-20(12-16)35-24(27-19)29-23(32)26-14(2)15-6-9-17(10-7-15)30(33)34/h3-12,14H,1-2H3,(H,28,31)(H2,26,27,29,32). The molecule has 3 aromatic carbocycles. The number of hydrogen-bond donors (Lipinski definition) is 3. The summed E-state index contributed by atoms with van der Waals surface area (Å²) in [6.45, 7) is 3.63. The largest absolute Gasteiger partial charge is 0.331 e. The highest BCUT2D eigenvalue weighted by Gasteiger charge is 2.15. The van der Waals surface area contributed by atoms with Crippen molar-refractivity contribution in [3.63, 3.8) is 0 Å². The summed E-state index contributed by atoms with van der Waals surface area (Å²) in [5.74, 6) is -0.305. The molecule has 0 bridgehead atoms. The van der Waals surface area contributed by atoms with Crippen LogP contribution in [0.3, 0.4) is 0 Å². The Morgan fingerprint density at radius 1 is 1.09 bits per heavy atom. The van der Waals surface area contributed by atoms with E-state index in [9.17, 15) is 19.7 Å². The van der Waals surface area contributed by atoms with Gasteiger partial charge in [0.2, 0.25) is 0 Å². The summed E-state index contributed by atoms with van der Waals surface area (Å²) in [7, 11) is 0. The summed E-state index contributed by atoms with van der Waals surface area (Å²) in [6.07, 6.45) is 0. The molecule has 9 nitrogen and oxygen atoms in total. The first-order valence-electron chi connectivity index (χ1n) is 10.5. The fourth-order valence-electron chi connectivity index (χ4n) is 3.39. The third kappa shape index (κ3) is 5.56. The number of amides is 3. The molecule has 4 rings (SSSR count). The van der Waals surface area contributed by atoms with Crippen molar-refractivity contribution < 1.29 is 14.5 Å². The first kappa shape index (κ1) is 24.1. The van der Waals surface area contributed by atoms with E-state index in [1.807, 2.05) is 19.1 Å². The first-order valence-corrected chi connectivity index (χ1v) is 11.7. The molecule has 0 fully saturated rings. The molecule has 0 aliphatic carbocycles. The van der Waals surface area contributed by atoms with Crippen molar-refractivity contribution in [3.05, 3.63) is 92.5 Å². The highest BCUT2D eigenvalue weighted by molar-refractivity contribution is 7.22. The third-order valence-electron chi connectivity index (χ3n) is 5.28. The van der Waals surface area contributed by atoms with Crippen LogP contribution in [-0.2, 0) is 0 Å². The van der Waals surface area contributed by atoms with Crippen LogP contribution in [0.5, 0.6) is 0 Å². The lowest BCUT2D eigenvalue weighted by Gasteiger charge is -2.14. The molecule has 0 saturated heterocycles. The van der Waals surface area contributed by atoms with E-state index in [2.05, 4.69) is 20.9 Å². The van der Waals surface area contributed by atoms with Crippen LogP contribution in [0.25, 0.3) is 10.2 Å². The summed E-state index contributed by atoms with van der Waals surface area (Å²) < 4.78 is 0.729. The zero-order valence-electron chi connectivity index (χ0n) is 18.7. The van der Waals surface area contributed by atoms with Crippen LogP contribution in [-0.4, -0.2) is 21.8 Å². The third-order valence-corrected chi connectivity index (χ3v) is 6.53. The van der Waals surface area contributed by atoms with Crippen molar-refractivity contribution >= 4 is 61.6 Å². The number of carbonyl (C=O) groups is 2. The maximum atomic E-state index is 12.8. The minimum Gasteiger partial charge on any atom is -0.331 e. The number of rotatable bonds is 6. The van der Waals surface area contributed by atoms with E-state index in [0.29, 0.717) is 26.9 Å². The Kier molecular flexibility index (Phi) is 6.94. The van der Waals surface area contributed by atoms with Gasteiger partial charge in [0.25, 0.3) is 11.6 Å². The number of benzene rings is 3. The predicted octanol–water partition coefficient (Wildman–Crippen LogP) is 6.30.